The molecule has 0 amide bonds. The summed E-state index contributed by atoms with van der Waals surface area (Å²) >= 11 is 0. The Morgan fingerprint density at radius 2 is 1.19 bits per heavy atom. The highest BCUT2D eigenvalue weighted by molar-refractivity contribution is 5.86. The molecule has 0 aliphatic heterocycles. The van der Waals surface area contributed by atoms with Crippen molar-refractivity contribution in [1.29, 1.82) is 0 Å². The average Bonchev–Trinajstić information content (AvgIpc) is 3.15. The van der Waals surface area contributed by atoms with Crippen molar-refractivity contribution >= 4 is 17.7 Å². The third-order valence-corrected chi connectivity index (χ3v) is 7.11. The van der Waals surface area contributed by atoms with E-state index >= 15 is 0 Å². The topological polar surface area (TPSA) is 69.7 Å². The lowest BCUT2D eigenvalue weighted by Gasteiger charge is -2.15. The predicted octanol–water partition coefficient (Wildman–Crippen LogP) is 6.66. The fourth-order valence-electron chi connectivity index (χ4n) is 4.54. The van der Waals surface area contributed by atoms with Gasteiger partial charge in [-0.05, 0) is 50.4 Å². The number of rotatable bonds is 18. The maximum atomic E-state index is 12.7. The van der Waals surface area contributed by atoms with Gasteiger partial charge in [0.2, 0.25) is 0 Å². The zero-order chi connectivity index (χ0) is 23.8. The van der Waals surface area contributed by atoms with Crippen LogP contribution in [0.4, 0.5) is 0 Å². The number of carbonyl (C=O) groups is 3. The van der Waals surface area contributed by atoms with Gasteiger partial charge >= 0.3 is 11.9 Å². The summed E-state index contributed by atoms with van der Waals surface area (Å²) in [6, 6.07) is 0. The highest BCUT2D eigenvalue weighted by atomic mass is 16.5. The van der Waals surface area contributed by atoms with Crippen molar-refractivity contribution in [1.82, 2.24) is 0 Å². The van der Waals surface area contributed by atoms with Crippen molar-refractivity contribution in [3.8, 4) is 0 Å². The van der Waals surface area contributed by atoms with Gasteiger partial charge in [-0.25, -0.2) is 0 Å². The van der Waals surface area contributed by atoms with E-state index in [4.69, 9.17) is 9.47 Å². The minimum Gasteiger partial charge on any atom is -0.465 e. The third kappa shape index (κ3) is 11.5. The van der Waals surface area contributed by atoms with Crippen molar-refractivity contribution in [2.45, 2.75) is 118 Å². The maximum Gasteiger partial charge on any atom is 0.305 e. The molecule has 0 radical (unpaired) electrons. The molecule has 1 aliphatic rings. The lowest BCUT2D eigenvalue weighted by atomic mass is 9.95. The van der Waals surface area contributed by atoms with Crippen LogP contribution in [0.5, 0.6) is 0 Å². The van der Waals surface area contributed by atoms with E-state index in [1.807, 2.05) is 0 Å². The molecule has 1 aliphatic carbocycles. The number of Topliss-reactive ketones (excluding diaryl/α,β-unsaturated/α-hetero) is 1. The molecular weight excluding hydrogens is 404 g/mol. The monoisotopic (exact) mass is 452 g/mol. The third-order valence-electron chi connectivity index (χ3n) is 7.11. The fraction of sp³-hybridized carbons (Fsp3) is 0.889. The molecule has 1 fully saturated rings. The van der Waals surface area contributed by atoms with Crippen LogP contribution in [0.15, 0.2) is 0 Å². The normalized spacial score (nSPS) is 20.2. The quantitative estimate of drug-likeness (QED) is 0.217. The van der Waals surface area contributed by atoms with Crippen LogP contribution in [-0.2, 0) is 23.9 Å². The Balaban J connectivity index is 2.25. The Labute approximate surface area is 196 Å². The summed E-state index contributed by atoms with van der Waals surface area (Å²) in [6.07, 6.45) is 12.3. The van der Waals surface area contributed by atoms with Crippen LogP contribution in [0.2, 0.25) is 0 Å². The highest BCUT2D eigenvalue weighted by Gasteiger charge is 2.34. The first-order chi connectivity index (χ1) is 15.4. The molecule has 0 spiro atoms. The molecule has 0 heterocycles. The molecule has 0 aromatic heterocycles. The van der Waals surface area contributed by atoms with E-state index < -0.39 is 0 Å². The van der Waals surface area contributed by atoms with Crippen LogP contribution >= 0.6 is 0 Å². The van der Waals surface area contributed by atoms with Crippen molar-refractivity contribution in [3.05, 3.63) is 0 Å². The number of hydrogen-bond acceptors (Lipinski definition) is 5. The van der Waals surface area contributed by atoms with E-state index in [0.29, 0.717) is 50.7 Å². The molecule has 1 rings (SSSR count). The second-order valence-electron chi connectivity index (χ2n) is 9.65. The summed E-state index contributed by atoms with van der Waals surface area (Å²) in [5, 5.41) is 0. The summed E-state index contributed by atoms with van der Waals surface area (Å²) < 4.78 is 10.9. The van der Waals surface area contributed by atoms with Crippen LogP contribution in [0, 0.1) is 23.7 Å². The summed E-state index contributed by atoms with van der Waals surface area (Å²) in [5.74, 6) is 0.593. The van der Waals surface area contributed by atoms with Gasteiger partial charge in [0.05, 0.1) is 13.2 Å². The molecular formula is C27H48O5. The van der Waals surface area contributed by atoms with E-state index in [2.05, 4.69) is 27.7 Å². The first kappa shape index (κ1) is 28.6. The Hall–Kier alpha value is -1.39. The van der Waals surface area contributed by atoms with E-state index in [9.17, 15) is 14.4 Å². The largest absolute Gasteiger partial charge is 0.465 e. The Kier molecular flexibility index (Phi) is 15.3. The number of ketones is 1. The molecule has 5 nitrogen and oxygen atoms in total. The van der Waals surface area contributed by atoms with E-state index in [0.717, 1.165) is 51.4 Å². The molecule has 186 valence electrons. The van der Waals surface area contributed by atoms with Crippen molar-refractivity contribution in [2.24, 2.45) is 23.7 Å². The first-order valence-corrected chi connectivity index (χ1v) is 13.3. The van der Waals surface area contributed by atoms with Crippen LogP contribution in [0.3, 0.4) is 0 Å². The Bertz CT molecular complexity index is 498. The molecule has 4 unspecified atom stereocenters. The lowest BCUT2D eigenvalue weighted by molar-refractivity contribution is -0.146. The minimum absolute atomic E-state index is 0.0656. The van der Waals surface area contributed by atoms with Crippen LogP contribution in [0.1, 0.15) is 118 Å². The van der Waals surface area contributed by atoms with E-state index in [1.165, 1.54) is 12.8 Å². The first-order valence-electron chi connectivity index (χ1n) is 13.3. The molecule has 0 N–H and O–H groups in total. The van der Waals surface area contributed by atoms with Crippen molar-refractivity contribution in [2.75, 3.05) is 13.2 Å². The standard InChI is InChI=1S/C27H48O5/c1-5-9-11-21(7-3)19-31-25(28)17-15-23-13-14-24(27(23)30)16-18-26(29)32-20-22(8-4)12-10-6-2/h21-24H,5-20H2,1-4H3. The zero-order valence-corrected chi connectivity index (χ0v) is 21.2. The van der Waals surface area contributed by atoms with E-state index in [-0.39, 0.29) is 29.6 Å². The molecule has 5 heteroatoms. The highest BCUT2D eigenvalue weighted by Crippen LogP contribution is 2.33. The molecule has 32 heavy (non-hydrogen) atoms. The molecule has 0 aromatic rings. The van der Waals surface area contributed by atoms with Crippen LogP contribution < -0.4 is 0 Å². The second-order valence-corrected chi connectivity index (χ2v) is 9.65. The number of ether oxygens (including phenoxy) is 2. The van der Waals surface area contributed by atoms with Gasteiger partial charge in [0.1, 0.15) is 5.78 Å². The lowest BCUT2D eigenvalue weighted by Crippen LogP contribution is -2.19. The van der Waals surface area contributed by atoms with Gasteiger partial charge in [0, 0.05) is 24.7 Å². The van der Waals surface area contributed by atoms with Gasteiger partial charge in [-0.3, -0.25) is 14.4 Å². The van der Waals surface area contributed by atoms with Gasteiger partial charge in [0.25, 0.3) is 0 Å². The van der Waals surface area contributed by atoms with Gasteiger partial charge < -0.3 is 9.47 Å². The second kappa shape index (κ2) is 17.1. The molecule has 0 aromatic carbocycles. The number of unbranched alkanes of at least 4 members (excludes halogenated alkanes) is 2. The fourth-order valence-corrected chi connectivity index (χ4v) is 4.54. The van der Waals surface area contributed by atoms with Crippen LogP contribution in [0.25, 0.3) is 0 Å². The van der Waals surface area contributed by atoms with Gasteiger partial charge in [0.15, 0.2) is 0 Å². The molecule has 4 atom stereocenters. The predicted molar refractivity (Wildman–Crippen MR) is 128 cm³/mol. The number of hydrogen-bond donors (Lipinski definition) is 0. The smallest absolute Gasteiger partial charge is 0.305 e. The molecule has 0 saturated heterocycles. The Morgan fingerprint density at radius 3 is 1.53 bits per heavy atom. The van der Waals surface area contributed by atoms with Gasteiger partial charge in [-0.1, -0.05) is 66.2 Å². The van der Waals surface area contributed by atoms with Gasteiger partial charge in [-0.2, -0.15) is 0 Å². The SMILES string of the molecule is CCCCC(CC)COC(=O)CCC1CCC(CCC(=O)OCC(CC)CCCC)C1=O. The summed E-state index contributed by atoms with van der Waals surface area (Å²) in [4.78, 5) is 36.9. The minimum atomic E-state index is -0.187. The molecule has 1 saturated carbocycles. The Morgan fingerprint density at radius 1 is 0.781 bits per heavy atom. The molecule has 0 bridgehead atoms. The number of carbonyl (C=O) groups excluding carboxylic acids is 3. The average molecular weight is 453 g/mol. The van der Waals surface area contributed by atoms with Crippen molar-refractivity contribution in [3.63, 3.8) is 0 Å². The van der Waals surface area contributed by atoms with Crippen LogP contribution in [-0.4, -0.2) is 30.9 Å². The zero-order valence-electron chi connectivity index (χ0n) is 21.2. The maximum absolute atomic E-state index is 12.7. The summed E-state index contributed by atoms with van der Waals surface area (Å²) in [6.45, 7) is 9.60. The summed E-state index contributed by atoms with van der Waals surface area (Å²) in [5.41, 5.74) is 0. The summed E-state index contributed by atoms with van der Waals surface area (Å²) in [7, 11) is 0. The number of esters is 2. The van der Waals surface area contributed by atoms with Gasteiger partial charge in [-0.15, -0.1) is 0 Å². The van der Waals surface area contributed by atoms with Crippen molar-refractivity contribution < 1.29 is 23.9 Å². The van der Waals surface area contributed by atoms with E-state index in [1.54, 1.807) is 0 Å².